The lowest BCUT2D eigenvalue weighted by atomic mass is 9.98. The molecule has 0 bridgehead atoms. The molecule has 2 aliphatic rings. The minimum absolute atomic E-state index is 0.000807. The number of ether oxygens (including phenoxy) is 1. The lowest BCUT2D eigenvalue weighted by Gasteiger charge is -2.17. The lowest BCUT2D eigenvalue weighted by Crippen LogP contribution is -2.39. The fourth-order valence-corrected chi connectivity index (χ4v) is 4.95. The normalized spacial score (nSPS) is 18.3. The van der Waals surface area contributed by atoms with Crippen molar-refractivity contribution in [2.75, 3.05) is 19.7 Å². The summed E-state index contributed by atoms with van der Waals surface area (Å²) in [7, 11) is 0. The van der Waals surface area contributed by atoms with Gasteiger partial charge in [0.15, 0.2) is 0 Å². The second-order valence-electron chi connectivity index (χ2n) is 9.00. The fraction of sp³-hybridized carbons (Fsp3) is 0.385. The first-order chi connectivity index (χ1) is 16.9. The van der Waals surface area contributed by atoms with Gasteiger partial charge in [0.2, 0.25) is 11.8 Å². The number of aliphatic carboxylic acids is 1. The van der Waals surface area contributed by atoms with Crippen LogP contribution in [0.25, 0.3) is 11.1 Å². The summed E-state index contributed by atoms with van der Waals surface area (Å²) in [6.45, 7) is -0.497. The van der Waals surface area contributed by atoms with Crippen molar-refractivity contribution >= 4 is 23.9 Å². The van der Waals surface area contributed by atoms with Crippen LogP contribution in [-0.2, 0) is 19.1 Å². The highest BCUT2D eigenvalue weighted by Gasteiger charge is 2.31. The third-order valence-electron chi connectivity index (χ3n) is 6.56. The largest absolute Gasteiger partial charge is 0.480 e. The zero-order chi connectivity index (χ0) is 24.8. The standard InChI is InChI=1S/C26H29N3O6/c30-23(27-13-24(31)28-14-25(32)33)12-16-9-10-17(11-16)29-26(34)35-15-22-20-7-3-1-5-18(20)19-6-2-4-8-21(19)22/h1-8,16-17,22H,9-15H2,(H,27,30)(H,28,31)(H,29,34)(H,32,33)/t16-,17+/m1/s1. The van der Waals surface area contributed by atoms with E-state index in [1.807, 2.05) is 24.3 Å². The fourth-order valence-electron chi connectivity index (χ4n) is 4.95. The molecule has 184 valence electrons. The van der Waals surface area contributed by atoms with Crippen molar-refractivity contribution < 1.29 is 29.0 Å². The molecule has 2 aromatic rings. The molecule has 0 unspecified atom stereocenters. The van der Waals surface area contributed by atoms with E-state index in [2.05, 4.69) is 40.2 Å². The number of carbonyl (C=O) groups is 4. The highest BCUT2D eigenvalue weighted by Crippen LogP contribution is 2.44. The summed E-state index contributed by atoms with van der Waals surface area (Å²) in [5, 5.41) is 16.2. The summed E-state index contributed by atoms with van der Waals surface area (Å²) in [5.74, 6) is -1.88. The molecule has 2 aromatic carbocycles. The van der Waals surface area contributed by atoms with Crippen LogP contribution in [0.2, 0.25) is 0 Å². The summed E-state index contributed by atoms with van der Waals surface area (Å²) >= 11 is 0. The average molecular weight is 480 g/mol. The SMILES string of the molecule is O=C(O)CNC(=O)CNC(=O)C[C@@H]1CC[C@H](NC(=O)OCC2c3ccccc3-c3ccccc32)C1. The van der Waals surface area contributed by atoms with Crippen LogP contribution in [0.3, 0.4) is 0 Å². The van der Waals surface area contributed by atoms with E-state index in [0.717, 1.165) is 24.0 Å². The molecule has 0 aliphatic heterocycles. The first-order valence-electron chi connectivity index (χ1n) is 11.8. The molecule has 2 aliphatic carbocycles. The number of carboxylic acid groups (broad SMARTS) is 1. The highest BCUT2D eigenvalue weighted by molar-refractivity contribution is 5.86. The third kappa shape index (κ3) is 6.17. The van der Waals surface area contributed by atoms with E-state index >= 15 is 0 Å². The van der Waals surface area contributed by atoms with Gasteiger partial charge in [-0.25, -0.2) is 4.79 Å². The maximum Gasteiger partial charge on any atom is 0.407 e. The van der Waals surface area contributed by atoms with Crippen molar-refractivity contribution in [3.8, 4) is 11.1 Å². The molecule has 4 N–H and O–H groups in total. The molecule has 0 spiro atoms. The monoisotopic (exact) mass is 479 g/mol. The first-order valence-corrected chi connectivity index (χ1v) is 11.8. The van der Waals surface area contributed by atoms with Gasteiger partial charge in [0, 0.05) is 18.4 Å². The van der Waals surface area contributed by atoms with Crippen molar-refractivity contribution in [2.24, 2.45) is 5.92 Å². The van der Waals surface area contributed by atoms with E-state index < -0.39 is 24.5 Å². The zero-order valence-corrected chi connectivity index (χ0v) is 19.3. The molecule has 0 saturated heterocycles. The summed E-state index contributed by atoms with van der Waals surface area (Å²) < 4.78 is 5.61. The van der Waals surface area contributed by atoms with E-state index in [-0.39, 0.29) is 43.4 Å². The van der Waals surface area contributed by atoms with Crippen molar-refractivity contribution in [3.63, 3.8) is 0 Å². The van der Waals surface area contributed by atoms with Crippen LogP contribution in [0.1, 0.15) is 42.7 Å². The summed E-state index contributed by atoms with van der Waals surface area (Å²) in [6.07, 6.45) is 1.98. The molecule has 3 amide bonds. The first kappa shape index (κ1) is 24.3. The Bertz CT molecular complexity index is 1070. The number of alkyl carbamates (subject to hydrolysis) is 1. The molecule has 0 radical (unpaired) electrons. The van der Waals surface area contributed by atoms with Gasteiger partial charge in [-0.15, -0.1) is 0 Å². The summed E-state index contributed by atoms with van der Waals surface area (Å²) in [6, 6.07) is 16.3. The molecule has 9 nitrogen and oxygen atoms in total. The minimum Gasteiger partial charge on any atom is -0.480 e. The van der Waals surface area contributed by atoms with Gasteiger partial charge < -0.3 is 25.8 Å². The molecule has 0 aromatic heterocycles. The molecule has 0 heterocycles. The second kappa shape index (κ2) is 11.0. The van der Waals surface area contributed by atoms with Crippen LogP contribution < -0.4 is 16.0 Å². The predicted octanol–water partition coefficient (Wildman–Crippen LogP) is 2.40. The van der Waals surface area contributed by atoms with Crippen molar-refractivity contribution in [1.29, 1.82) is 0 Å². The number of amides is 3. The predicted molar refractivity (Wildman–Crippen MR) is 128 cm³/mol. The Morgan fingerprint density at radius 1 is 0.857 bits per heavy atom. The molecule has 35 heavy (non-hydrogen) atoms. The van der Waals surface area contributed by atoms with Gasteiger partial charge in [-0.3, -0.25) is 14.4 Å². The summed E-state index contributed by atoms with van der Waals surface area (Å²) in [5.41, 5.74) is 4.66. The van der Waals surface area contributed by atoms with Gasteiger partial charge in [-0.05, 0) is 47.4 Å². The number of carboxylic acids is 1. The highest BCUT2D eigenvalue weighted by atomic mass is 16.5. The van der Waals surface area contributed by atoms with Gasteiger partial charge in [-0.1, -0.05) is 48.5 Å². The summed E-state index contributed by atoms with van der Waals surface area (Å²) in [4.78, 5) is 46.5. The van der Waals surface area contributed by atoms with Crippen LogP contribution in [0.4, 0.5) is 4.79 Å². The molecule has 1 fully saturated rings. The Kier molecular flexibility index (Phi) is 7.64. The van der Waals surface area contributed by atoms with E-state index in [1.165, 1.54) is 11.1 Å². The number of fused-ring (bicyclic) bond motifs is 3. The third-order valence-corrected chi connectivity index (χ3v) is 6.56. The maximum atomic E-state index is 12.5. The number of hydrogen-bond acceptors (Lipinski definition) is 5. The number of rotatable bonds is 9. The van der Waals surface area contributed by atoms with E-state index in [9.17, 15) is 19.2 Å². The Balaban J connectivity index is 1.19. The van der Waals surface area contributed by atoms with Crippen LogP contribution in [0.5, 0.6) is 0 Å². The van der Waals surface area contributed by atoms with Gasteiger partial charge >= 0.3 is 12.1 Å². The number of carbonyl (C=O) groups excluding carboxylic acids is 3. The van der Waals surface area contributed by atoms with Gasteiger partial charge in [0.1, 0.15) is 13.2 Å². The zero-order valence-electron chi connectivity index (χ0n) is 19.3. The molecule has 1 saturated carbocycles. The topological polar surface area (TPSA) is 134 Å². The quantitative estimate of drug-likeness (QED) is 0.436. The second-order valence-corrected chi connectivity index (χ2v) is 9.00. The maximum absolute atomic E-state index is 12.5. The van der Waals surface area contributed by atoms with Crippen LogP contribution >= 0.6 is 0 Å². The van der Waals surface area contributed by atoms with Gasteiger partial charge in [0.05, 0.1) is 6.54 Å². The molecular formula is C26H29N3O6. The molecule has 4 rings (SSSR count). The van der Waals surface area contributed by atoms with E-state index in [1.54, 1.807) is 0 Å². The molecule has 9 heteroatoms. The Labute approximate surface area is 203 Å². The van der Waals surface area contributed by atoms with Crippen molar-refractivity contribution in [1.82, 2.24) is 16.0 Å². The van der Waals surface area contributed by atoms with Gasteiger partial charge in [0.25, 0.3) is 0 Å². The molecular weight excluding hydrogens is 450 g/mol. The lowest BCUT2D eigenvalue weighted by molar-refractivity contribution is -0.137. The number of hydrogen-bond donors (Lipinski definition) is 4. The van der Waals surface area contributed by atoms with Crippen LogP contribution in [0, 0.1) is 5.92 Å². The Hall–Kier alpha value is -3.88. The smallest absolute Gasteiger partial charge is 0.407 e. The average Bonchev–Trinajstić information content (AvgIpc) is 3.41. The number of nitrogens with one attached hydrogen (secondary N) is 3. The van der Waals surface area contributed by atoms with E-state index in [4.69, 9.17) is 9.84 Å². The van der Waals surface area contributed by atoms with Gasteiger partial charge in [-0.2, -0.15) is 0 Å². The Morgan fingerprint density at radius 3 is 2.14 bits per heavy atom. The van der Waals surface area contributed by atoms with Crippen molar-refractivity contribution in [2.45, 2.75) is 37.6 Å². The number of benzene rings is 2. The van der Waals surface area contributed by atoms with Crippen LogP contribution in [0.15, 0.2) is 48.5 Å². The minimum atomic E-state index is -1.15. The van der Waals surface area contributed by atoms with Crippen LogP contribution in [-0.4, -0.2) is 54.7 Å². The molecule has 2 atom stereocenters. The Morgan fingerprint density at radius 2 is 1.49 bits per heavy atom. The van der Waals surface area contributed by atoms with Crippen molar-refractivity contribution in [3.05, 3.63) is 59.7 Å². The van der Waals surface area contributed by atoms with E-state index in [0.29, 0.717) is 6.42 Å².